The highest BCUT2D eigenvalue weighted by molar-refractivity contribution is 7.16. The van der Waals surface area contributed by atoms with E-state index in [4.69, 9.17) is 9.72 Å². The highest BCUT2D eigenvalue weighted by atomic mass is 32.1. The lowest BCUT2D eigenvalue weighted by Gasteiger charge is -2.35. The summed E-state index contributed by atoms with van der Waals surface area (Å²) in [5.41, 5.74) is 2.27. The van der Waals surface area contributed by atoms with Crippen molar-refractivity contribution in [1.29, 1.82) is 0 Å². The van der Waals surface area contributed by atoms with Gasteiger partial charge in [0.1, 0.15) is 27.7 Å². The first kappa shape index (κ1) is 18.5. The molecule has 0 aliphatic carbocycles. The first-order valence-corrected chi connectivity index (χ1v) is 11.3. The summed E-state index contributed by atoms with van der Waals surface area (Å²) >= 11 is 3.37. The number of methoxy groups -OCH3 is 1. The number of aromatic nitrogens is 3. The molecule has 0 saturated carbocycles. The average Bonchev–Trinajstić information content (AvgIpc) is 3.44. The molecule has 1 aliphatic heterocycles. The summed E-state index contributed by atoms with van der Waals surface area (Å²) in [6.07, 6.45) is 1.68. The monoisotopic (exact) mass is 423 g/mol. The number of rotatable bonds is 5. The molecule has 4 aromatic rings. The molecule has 29 heavy (non-hydrogen) atoms. The van der Waals surface area contributed by atoms with Crippen molar-refractivity contribution < 1.29 is 4.74 Å². The fraction of sp³-hybridized carbons (Fsp3) is 0.286. The molecule has 0 unspecified atom stereocenters. The number of anilines is 1. The molecule has 148 valence electrons. The predicted octanol–water partition coefficient (Wildman–Crippen LogP) is 4.15. The van der Waals surface area contributed by atoms with Crippen molar-refractivity contribution in [3.63, 3.8) is 0 Å². The van der Waals surface area contributed by atoms with Crippen molar-refractivity contribution in [2.24, 2.45) is 0 Å². The molecule has 0 N–H and O–H groups in total. The van der Waals surface area contributed by atoms with E-state index >= 15 is 0 Å². The standard InChI is InChI=1S/C21H21N5OS2/c1-27-17-4-2-15(3-5-17)20-24-16(13-29-20)12-25-7-9-26(10-8-25)19-18-6-11-28-21(18)23-14-22-19/h2-6,11,13-14H,7-10,12H2,1H3. The number of hydrogen-bond acceptors (Lipinski definition) is 8. The van der Waals surface area contributed by atoms with Crippen molar-refractivity contribution in [3.05, 3.63) is 53.1 Å². The number of thiazole rings is 1. The van der Waals surface area contributed by atoms with E-state index in [1.165, 1.54) is 0 Å². The van der Waals surface area contributed by atoms with Gasteiger partial charge in [-0.05, 0) is 35.7 Å². The molecule has 0 amide bonds. The molecule has 1 fully saturated rings. The molecule has 1 aromatic carbocycles. The molecule has 0 radical (unpaired) electrons. The van der Waals surface area contributed by atoms with Gasteiger partial charge in [0.25, 0.3) is 0 Å². The van der Waals surface area contributed by atoms with Crippen LogP contribution < -0.4 is 9.64 Å². The molecule has 8 heteroatoms. The van der Waals surface area contributed by atoms with E-state index in [0.29, 0.717) is 0 Å². The van der Waals surface area contributed by atoms with E-state index < -0.39 is 0 Å². The fourth-order valence-corrected chi connectivity index (χ4v) is 5.17. The number of thiophene rings is 1. The zero-order chi connectivity index (χ0) is 19.6. The largest absolute Gasteiger partial charge is 0.497 e. The van der Waals surface area contributed by atoms with Crippen molar-refractivity contribution in [2.75, 3.05) is 38.2 Å². The van der Waals surface area contributed by atoms with Gasteiger partial charge >= 0.3 is 0 Å². The summed E-state index contributed by atoms with van der Waals surface area (Å²) < 4.78 is 5.24. The van der Waals surface area contributed by atoms with Gasteiger partial charge in [0.05, 0.1) is 18.2 Å². The SMILES string of the molecule is COc1ccc(-c2nc(CN3CCN(c4ncnc5sccc45)CC3)cs2)cc1. The second-order valence-corrected chi connectivity index (χ2v) is 8.73. The van der Waals surface area contributed by atoms with Gasteiger partial charge in [-0.25, -0.2) is 15.0 Å². The van der Waals surface area contributed by atoms with Gasteiger partial charge < -0.3 is 9.64 Å². The van der Waals surface area contributed by atoms with Crippen LogP contribution in [0.2, 0.25) is 0 Å². The molecule has 1 saturated heterocycles. The van der Waals surface area contributed by atoms with Gasteiger partial charge in [0.15, 0.2) is 0 Å². The topological polar surface area (TPSA) is 54.4 Å². The van der Waals surface area contributed by atoms with Gasteiger partial charge in [0.2, 0.25) is 0 Å². The smallest absolute Gasteiger partial charge is 0.140 e. The van der Waals surface area contributed by atoms with E-state index in [-0.39, 0.29) is 0 Å². The van der Waals surface area contributed by atoms with E-state index in [9.17, 15) is 0 Å². The predicted molar refractivity (Wildman–Crippen MR) is 119 cm³/mol. The third-order valence-corrected chi connectivity index (χ3v) is 6.95. The lowest BCUT2D eigenvalue weighted by Crippen LogP contribution is -2.46. The minimum atomic E-state index is 0.867. The Balaban J connectivity index is 1.22. The molecule has 0 bridgehead atoms. The summed E-state index contributed by atoms with van der Waals surface area (Å²) in [5.74, 6) is 1.93. The van der Waals surface area contributed by atoms with Gasteiger partial charge in [-0.2, -0.15) is 0 Å². The lowest BCUT2D eigenvalue weighted by atomic mass is 10.2. The van der Waals surface area contributed by atoms with Crippen LogP contribution in [0.4, 0.5) is 5.82 Å². The second kappa shape index (κ2) is 8.06. The summed E-state index contributed by atoms with van der Waals surface area (Å²) in [5, 5.41) is 6.48. The first-order valence-electron chi connectivity index (χ1n) is 9.54. The van der Waals surface area contributed by atoms with Crippen LogP contribution in [-0.4, -0.2) is 53.1 Å². The lowest BCUT2D eigenvalue weighted by molar-refractivity contribution is 0.247. The van der Waals surface area contributed by atoms with E-state index in [1.54, 1.807) is 36.1 Å². The Kier molecular flexibility index (Phi) is 5.13. The van der Waals surface area contributed by atoms with E-state index in [2.05, 4.69) is 48.7 Å². The Labute approximate surface area is 177 Å². The van der Waals surface area contributed by atoms with Gasteiger partial charge in [-0.3, -0.25) is 4.90 Å². The number of fused-ring (bicyclic) bond motifs is 1. The molecule has 1 aliphatic rings. The molecule has 0 spiro atoms. The molecular formula is C21H21N5OS2. The Morgan fingerprint density at radius 3 is 2.62 bits per heavy atom. The second-order valence-electron chi connectivity index (χ2n) is 6.97. The van der Waals surface area contributed by atoms with Crippen LogP contribution in [0.3, 0.4) is 0 Å². The summed E-state index contributed by atoms with van der Waals surface area (Å²) in [6.45, 7) is 4.84. The third-order valence-electron chi connectivity index (χ3n) is 5.19. The zero-order valence-corrected chi connectivity index (χ0v) is 17.7. The van der Waals surface area contributed by atoms with Gasteiger partial charge in [-0.1, -0.05) is 0 Å². The van der Waals surface area contributed by atoms with Crippen LogP contribution in [-0.2, 0) is 6.54 Å². The van der Waals surface area contributed by atoms with Crippen molar-refractivity contribution >= 4 is 38.7 Å². The molecule has 3 aromatic heterocycles. The van der Waals surface area contributed by atoms with Crippen LogP contribution in [0.1, 0.15) is 5.69 Å². The summed E-state index contributed by atoms with van der Waals surface area (Å²) in [6, 6.07) is 10.2. The van der Waals surface area contributed by atoms with Crippen LogP contribution in [0.25, 0.3) is 20.8 Å². The maximum atomic E-state index is 5.24. The summed E-state index contributed by atoms with van der Waals surface area (Å²) in [7, 11) is 1.68. The maximum absolute atomic E-state index is 5.24. The minimum absolute atomic E-state index is 0.867. The van der Waals surface area contributed by atoms with Crippen molar-refractivity contribution in [1.82, 2.24) is 19.9 Å². The number of benzene rings is 1. The number of nitrogens with zero attached hydrogens (tertiary/aromatic N) is 5. The van der Waals surface area contributed by atoms with E-state index in [1.807, 2.05) is 12.1 Å². The average molecular weight is 424 g/mol. The van der Waals surface area contributed by atoms with Crippen LogP contribution >= 0.6 is 22.7 Å². The number of piperazine rings is 1. The highest BCUT2D eigenvalue weighted by Gasteiger charge is 2.21. The number of hydrogen-bond donors (Lipinski definition) is 0. The van der Waals surface area contributed by atoms with Crippen molar-refractivity contribution in [3.8, 4) is 16.3 Å². The minimum Gasteiger partial charge on any atom is -0.497 e. The first-order chi connectivity index (χ1) is 14.3. The Morgan fingerprint density at radius 2 is 1.83 bits per heavy atom. The van der Waals surface area contributed by atoms with E-state index in [0.717, 1.165) is 70.8 Å². The molecular weight excluding hydrogens is 402 g/mol. The Hall–Kier alpha value is -2.55. The molecule has 4 heterocycles. The quantitative estimate of drug-likeness (QED) is 0.481. The van der Waals surface area contributed by atoms with Gasteiger partial charge in [0, 0.05) is 43.7 Å². The fourth-order valence-electron chi connectivity index (χ4n) is 3.62. The third kappa shape index (κ3) is 3.83. The van der Waals surface area contributed by atoms with Crippen LogP contribution in [0.15, 0.2) is 47.4 Å². The number of ether oxygens (including phenoxy) is 1. The maximum Gasteiger partial charge on any atom is 0.140 e. The molecule has 5 rings (SSSR count). The van der Waals surface area contributed by atoms with Crippen LogP contribution in [0, 0.1) is 0 Å². The molecule has 6 nitrogen and oxygen atoms in total. The Morgan fingerprint density at radius 1 is 1.00 bits per heavy atom. The van der Waals surface area contributed by atoms with Crippen LogP contribution in [0.5, 0.6) is 5.75 Å². The Bertz CT molecular complexity index is 1100. The molecule has 0 atom stereocenters. The zero-order valence-electron chi connectivity index (χ0n) is 16.1. The van der Waals surface area contributed by atoms with Crippen molar-refractivity contribution in [2.45, 2.75) is 6.54 Å². The van der Waals surface area contributed by atoms with Gasteiger partial charge in [-0.15, -0.1) is 22.7 Å². The highest BCUT2D eigenvalue weighted by Crippen LogP contribution is 2.28. The normalized spacial score (nSPS) is 15.1. The summed E-state index contributed by atoms with van der Waals surface area (Å²) in [4.78, 5) is 19.7.